The van der Waals surface area contributed by atoms with Gasteiger partial charge < -0.3 is 9.84 Å². The first-order valence-corrected chi connectivity index (χ1v) is 5.53. The van der Waals surface area contributed by atoms with E-state index in [4.69, 9.17) is 9.84 Å². The molecule has 3 nitrogen and oxygen atoms in total. The van der Waals surface area contributed by atoms with Gasteiger partial charge in [0.1, 0.15) is 5.75 Å². The van der Waals surface area contributed by atoms with Crippen molar-refractivity contribution < 1.29 is 14.6 Å². The summed E-state index contributed by atoms with van der Waals surface area (Å²) in [5.74, 6) is -0.154. The van der Waals surface area contributed by atoms with Crippen LogP contribution in [0.25, 0.3) is 0 Å². The van der Waals surface area contributed by atoms with Crippen LogP contribution >= 0.6 is 15.9 Å². The molecule has 4 heteroatoms. The molecule has 0 saturated heterocycles. The van der Waals surface area contributed by atoms with Crippen LogP contribution in [0.4, 0.5) is 0 Å². The molecule has 1 heterocycles. The van der Waals surface area contributed by atoms with Gasteiger partial charge in [-0.25, -0.2) is 4.79 Å². The number of ether oxygens (including phenoxy) is 1. The standard InChI is InChI=1S/C11H11BrO3/c1-11(2)7-5-6(9(13)14)3-4-8(7)15-10(11)12/h3-5,10H,1-2H3,(H,13,14). The molecule has 0 bridgehead atoms. The molecule has 0 amide bonds. The summed E-state index contributed by atoms with van der Waals surface area (Å²) in [6, 6.07) is 4.95. The molecule has 1 atom stereocenters. The number of aromatic carboxylic acids is 1. The quantitative estimate of drug-likeness (QED) is 0.799. The minimum absolute atomic E-state index is 0.107. The molecule has 1 N–H and O–H groups in total. The number of carbonyl (C=O) groups is 1. The highest BCUT2D eigenvalue weighted by Crippen LogP contribution is 2.45. The second kappa shape index (κ2) is 3.23. The monoisotopic (exact) mass is 270 g/mol. The Bertz CT molecular complexity index is 426. The number of carboxylic acids is 1. The molecular formula is C11H11BrO3. The molecular weight excluding hydrogens is 260 g/mol. The number of alkyl halides is 1. The molecule has 0 fully saturated rings. The molecule has 2 rings (SSSR count). The van der Waals surface area contributed by atoms with Gasteiger partial charge in [0.15, 0.2) is 5.01 Å². The van der Waals surface area contributed by atoms with Gasteiger partial charge in [-0.2, -0.15) is 0 Å². The summed E-state index contributed by atoms with van der Waals surface area (Å²) in [6.45, 7) is 4.04. The van der Waals surface area contributed by atoms with Crippen LogP contribution in [-0.2, 0) is 5.41 Å². The van der Waals surface area contributed by atoms with E-state index in [1.807, 2.05) is 13.8 Å². The molecule has 1 aromatic rings. The molecule has 15 heavy (non-hydrogen) atoms. The van der Waals surface area contributed by atoms with Crippen molar-refractivity contribution in [2.45, 2.75) is 24.3 Å². The van der Waals surface area contributed by atoms with E-state index in [1.165, 1.54) is 0 Å². The van der Waals surface area contributed by atoms with E-state index in [2.05, 4.69) is 15.9 Å². The SMILES string of the molecule is CC1(C)c2cc(C(=O)O)ccc2OC1Br. The lowest BCUT2D eigenvalue weighted by Gasteiger charge is -2.20. The van der Waals surface area contributed by atoms with E-state index in [-0.39, 0.29) is 10.4 Å². The molecule has 0 aliphatic carbocycles. The molecule has 1 aliphatic heterocycles. The third kappa shape index (κ3) is 1.53. The Morgan fingerprint density at radius 2 is 2.20 bits per heavy atom. The fraction of sp³-hybridized carbons (Fsp3) is 0.364. The van der Waals surface area contributed by atoms with Crippen molar-refractivity contribution >= 4 is 21.9 Å². The molecule has 0 aromatic heterocycles. The van der Waals surface area contributed by atoms with E-state index in [0.29, 0.717) is 5.56 Å². The Kier molecular flexibility index (Phi) is 2.26. The average molecular weight is 271 g/mol. The Morgan fingerprint density at radius 3 is 2.80 bits per heavy atom. The molecule has 1 unspecified atom stereocenters. The maximum Gasteiger partial charge on any atom is 0.335 e. The van der Waals surface area contributed by atoms with Gasteiger partial charge in [-0.3, -0.25) is 0 Å². The van der Waals surface area contributed by atoms with Crippen LogP contribution in [0.5, 0.6) is 5.75 Å². The molecule has 0 spiro atoms. The summed E-state index contributed by atoms with van der Waals surface area (Å²) in [4.78, 5) is 10.8. The molecule has 0 saturated carbocycles. The lowest BCUT2D eigenvalue weighted by Crippen LogP contribution is -2.26. The summed E-state index contributed by atoms with van der Waals surface area (Å²) in [6.07, 6.45) is 0. The summed E-state index contributed by atoms with van der Waals surface area (Å²) in [7, 11) is 0. The minimum atomic E-state index is -0.911. The van der Waals surface area contributed by atoms with Crippen LogP contribution in [0.15, 0.2) is 18.2 Å². The fourth-order valence-corrected chi connectivity index (χ4v) is 2.10. The first kappa shape index (κ1) is 10.5. The van der Waals surface area contributed by atoms with Crippen LogP contribution in [0.1, 0.15) is 29.8 Å². The van der Waals surface area contributed by atoms with Gasteiger partial charge in [0, 0.05) is 11.0 Å². The Hall–Kier alpha value is -1.03. The zero-order valence-electron chi connectivity index (χ0n) is 8.45. The number of benzene rings is 1. The summed E-state index contributed by atoms with van der Waals surface area (Å²) in [5, 5.41) is 8.79. The zero-order chi connectivity index (χ0) is 11.2. The van der Waals surface area contributed by atoms with E-state index < -0.39 is 5.97 Å². The predicted molar refractivity (Wildman–Crippen MR) is 59.8 cm³/mol. The highest BCUT2D eigenvalue weighted by Gasteiger charge is 2.40. The normalized spacial score (nSPS) is 21.9. The van der Waals surface area contributed by atoms with Crippen molar-refractivity contribution in [3.8, 4) is 5.75 Å². The Balaban J connectivity index is 2.55. The number of hydrogen-bond donors (Lipinski definition) is 1. The van der Waals surface area contributed by atoms with E-state index in [9.17, 15) is 4.79 Å². The van der Waals surface area contributed by atoms with Gasteiger partial charge in [0.25, 0.3) is 0 Å². The molecule has 0 radical (unpaired) electrons. The topological polar surface area (TPSA) is 46.5 Å². The van der Waals surface area contributed by atoms with Gasteiger partial charge in [-0.1, -0.05) is 13.8 Å². The Morgan fingerprint density at radius 1 is 1.53 bits per heavy atom. The number of hydrogen-bond acceptors (Lipinski definition) is 2. The smallest absolute Gasteiger partial charge is 0.335 e. The number of carboxylic acid groups (broad SMARTS) is 1. The largest absolute Gasteiger partial charge is 0.478 e. The van der Waals surface area contributed by atoms with Crippen molar-refractivity contribution in [2.24, 2.45) is 0 Å². The number of rotatable bonds is 1. The number of halogens is 1. The lowest BCUT2D eigenvalue weighted by molar-refractivity contribution is 0.0697. The average Bonchev–Trinajstić information content (AvgIpc) is 2.38. The van der Waals surface area contributed by atoms with E-state index >= 15 is 0 Å². The highest BCUT2D eigenvalue weighted by atomic mass is 79.9. The second-order valence-corrected chi connectivity index (χ2v) is 5.00. The lowest BCUT2D eigenvalue weighted by atomic mass is 9.86. The minimum Gasteiger partial charge on any atom is -0.478 e. The Labute approximate surface area is 96.2 Å². The van der Waals surface area contributed by atoms with Gasteiger partial charge in [-0.05, 0) is 34.1 Å². The highest BCUT2D eigenvalue weighted by molar-refractivity contribution is 9.09. The first-order chi connectivity index (χ1) is 6.93. The van der Waals surface area contributed by atoms with Crippen molar-refractivity contribution in [3.05, 3.63) is 29.3 Å². The van der Waals surface area contributed by atoms with Crippen LogP contribution in [0, 0.1) is 0 Å². The fourth-order valence-electron chi connectivity index (χ4n) is 1.65. The van der Waals surface area contributed by atoms with Crippen LogP contribution in [0.2, 0.25) is 0 Å². The number of fused-ring (bicyclic) bond motifs is 1. The van der Waals surface area contributed by atoms with E-state index in [1.54, 1.807) is 18.2 Å². The summed E-state index contributed by atoms with van der Waals surface area (Å²) >= 11 is 3.43. The van der Waals surface area contributed by atoms with Crippen molar-refractivity contribution in [3.63, 3.8) is 0 Å². The first-order valence-electron chi connectivity index (χ1n) is 4.61. The van der Waals surface area contributed by atoms with Crippen LogP contribution in [-0.4, -0.2) is 16.1 Å². The molecule has 1 aliphatic rings. The summed E-state index contributed by atoms with van der Waals surface area (Å²) in [5.41, 5.74) is 1.03. The third-order valence-electron chi connectivity index (χ3n) is 2.72. The van der Waals surface area contributed by atoms with Crippen LogP contribution < -0.4 is 4.74 Å². The van der Waals surface area contributed by atoms with Crippen molar-refractivity contribution in [2.75, 3.05) is 0 Å². The molecule has 1 aromatic carbocycles. The predicted octanol–water partition coefficient (Wildman–Crippen LogP) is 2.78. The van der Waals surface area contributed by atoms with Gasteiger partial charge in [0.05, 0.1) is 5.56 Å². The summed E-state index contributed by atoms with van der Waals surface area (Å²) < 4.78 is 5.58. The molecule has 80 valence electrons. The van der Waals surface area contributed by atoms with E-state index in [0.717, 1.165) is 11.3 Å². The van der Waals surface area contributed by atoms with Gasteiger partial charge >= 0.3 is 5.97 Å². The van der Waals surface area contributed by atoms with Crippen molar-refractivity contribution in [1.82, 2.24) is 0 Å². The van der Waals surface area contributed by atoms with Gasteiger partial charge in [-0.15, -0.1) is 0 Å². The van der Waals surface area contributed by atoms with Crippen molar-refractivity contribution in [1.29, 1.82) is 0 Å². The second-order valence-electron chi connectivity index (χ2n) is 4.17. The zero-order valence-corrected chi connectivity index (χ0v) is 10.0. The maximum atomic E-state index is 10.8. The van der Waals surface area contributed by atoms with Crippen LogP contribution in [0.3, 0.4) is 0 Å². The third-order valence-corrected chi connectivity index (χ3v) is 4.05. The van der Waals surface area contributed by atoms with Gasteiger partial charge in [0.2, 0.25) is 0 Å². The maximum absolute atomic E-state index is 10.8.